The standard InChI is InChI=1S/C13H20N6OS.HI/c1-9-12(21-8-17-9)6-16-13(14-2)15-5-11(20)10-4-18-19(3)7-10;/h4,7-8,11,20H,5-6H2,1-3H3,(H2,14,15,16);1H. The fourth-order valence-corrected chi connectivity index (χ4v) is 2.52. The third-order valence-corrected chi connectivity index (χ3v) is 3.99. The van der Waals surface area contributed by atoms with Crippen LogP contribution in [0, 0.1) is 6.92 Å². The summed E-state index contributed by atoms with van der Waals surface area (Å²) in [4.78, 5) is 9.51. The van der Waals surface area contributed by atoms with Gasteiger partial charge < -0.3 is 15.7 Å². The van der Waals surface area contributed by atoms with Crippen LogP contribution in [0.4, 0.5) is 0 Å². The van der Waals surface area contributed by atoms with Gasteiger partial charge in [-0.25, -0.2) is 4.98 Å². The minimum absolute atomic E-state index is 0. The predicted molar refractivity (Wildman–Crippen MR) is 98.6 cm³/mol. The molecule has 0 aliphatic carbocycles. The fourth-order valence-electron chi connectivity index (χ4n) is 1.80. The number of aliphatic hydroxyl groups excluding tert-OH is 1. The molecule has 1 unspecified atom stereocenters. The lowest BCUT2D eigenvalue weighted by atomic mass is 10.2. The lowest BCUT2D eigenvalue weighted by Crippen LogP contribution is -2.38. The molecule has 0 radical (unpaired) electrons. The maximum Gasteiger partial charge on any atom is 0.191 e. The molecule has 122 valence electrons. The van der Waals surface area contributed by atoms with Crippen LogP contribution in [0.25, 0.3) is 0 Å². The highest BCUT2D eigenvalue weighted by atomic mass is 127. The van der Waals surface area contributed by atoms with Crippen LogP contribution >= 0.6 is 35.3 Å². The number of aromatic nitrogens is 3. The minimum atomic E-state index is -0.623. The van der Waals surface area contributed by atoms with Gasteiger partial charge in [-0.15, -0.1) is 35.3 Å². The van der Waals surface area contributed by atoms with Gasteiger partial charge in [-0.2, -0.15) is 5.10 Å². The van der Waals surface area contributed by atoms with Gasteiger partial charge in [0.1, 0.15) is 0 Å². The number of halogens is 1. The van der Waals surface area contributed by atoms with Crippen LogP contribution < -0.4 is 10.6 Å². The van der Waals surface area contributed by atoms with E-state index < -0.39 is 6.10 Å². The number of thiazole rings is 1. The van der Waals surface area contributed by atoms with Crippen molar-refractivity contribution in [1.29, 1.82) is 0 Å². The third kappa shape index (κ3) is 5.21. The molecule has 7 nitrogen and oxygen atoms in total. The van der Waals surface area contributed by atoms with Crippen molar-refractivity contribution in [3.8, 4) is 0 Å². The lowest BCUT2D eigenvalue weighted by molar-refractivity contribution is 0.180. The average molecular weight is 436 g/mol. The van der Waals surface area contributed by atoms with Gasteiger partial charge in [-0.1, -0.05) is 0 Å². The molecular weight excluding hydrogens is 415 g/mol. The molecule has 0 fully saturated rings. The molecule has 0 aliphatic heterocycles. The van der Waals surface area contributed by atoms with Crippen LogP contribution in [-0.2, 0) is 13.6 Å². The Morgan fingerprint density at radius 1 is 1.50 bits per heavy atom. The zero-order valence-electron chi connectivity index (χ0n) is 12.8. The molecule has 2 aromatic rings. The smallest absolute Gasteiger partial charge is 0.191 e. The second-order valence-electron chi connectivity index (χ2n) is 4.63. The summed E-state index contributed by atoms with van der Waals surface area (Å²) in [5, 5.41) is 20.4. The number of guanidine groups is 1. The fraction of sp³-hybridized carbons (Fsp3) is 0.462. The van der Waals surface area contributed by atoms with Crippen LogP contribution in [0.3, 0.4) is 0 Å². The zero-order chi connectivity index (χ0) is 15.2. The van der Waals surface area contributed by atoms with Crippen LogP contribution in [0.1, 0.15) is 22.2 Å². The van der Waals surface area contributed by atoms with E-state index in [1.165, 1.54) is 4.88 Å². The molecule has 0 saturated carbocycles. The van der Waals surface area contributed by atoms with Crippen molar-refractivity contribution in [2.45, 2.75) is 19.6 Å². The molecule has 2 heterocycles. The van der Waals surface area contributed by atoms with Crippen molar-refractivity contribution in [1.82, 2.24) is 25.4 Å². The van der Waals surface area contributed by atoms with E-state index in [0.29, 0.717) is 19.0 Å². The van der Waals surface area contributed by atoms with Crippen molar-refractivity contribution in [3.05, 3.63) is 34.0 Å². The molecule has 0 bridgehead atoms. The molecule has 0 aliphatic rings. The Morgan fingerprint density at radius 3 is 2.82 bits per heavy atom. The Labute approximate surface area is 150 Å². The molecule has 2 aromatic heterocycles. The summed E-state index contributed by atoms with van der Waals surface area (Å²) in [6, 6.07) is 0. The second-order valence-corrected chi connectivity index (χ2v) is 5.57. The van der Waals surface area contributed by atoms with Crippen LogP contribution in [0.5, 0.6) is 0 Å². The first-order valence-corrected chi connectivity index (χ1v) is 7.48. The van der Waals surface area contributed by atoms with Crippen molar-refractivity contribution < 1.29 is 5.11 Å². The average Bonchev–Trinajstić information content (AvgIpc) is 3.08. The van der Waals surface area contributed by atoms with Gasteiger partial charge in [0, 0.05) is 37.3 Å². The summed E-state index contributed by atoms with van der Waals surface area (Å²) in [5.41, 5.74) is 3.63. The summed E-state index contributed by atoms with van der Waals surface area (Å²) >= 11 is 1.61. The maximum absolute atomic E-state index is 10.1. The first-order chi connectivity index (χ1) is 10.1. The van der Waals surface area contributed by atoms with Gasteiger partial charge in [-0.3, -0.25) is 9.67 Å². The van der Waals surface area contributed by atoms with Crippen molar-refractivity contribution in [3.63, 3.8) is 0 Å². The Balaban J connectivity index is 0.00000242. The molecule has 0 amide bonds. The largest absolute Gasteiger partial charge is 0.386 e. The van der Waals surface area contributed by atoms with Gasteiger partial charge in [-0.05, 0) is 6.92 Å². The van der Waals surface area contributed by atoms with Crippen LogP contribution in [0.2, 0.25) is 0 Å². The highest BCUT2D eigenvalue weighted by molar-refractivity contribution is 14.0. The van der Waals surface area contributed by atoms with Crippen molar-refractivity contribution >= 4 is 41.3 Å². The monoisotopic (exact) mass is 436 g/mol. The van der Waals surface area contributed by atoms with Gasteiger partial charge >= 0.3 is 0 Å². The Kier molecular flexibility index (Phi) is 7.76. The third-order valence-electron chi connectivity index (χ3n) is 3.06. The van der Waals surface area contributed by atoms with E-state index in [-0.39, 0.29) is 24.0 Å². The molecular formula is C13H21IN6OS. The molecule has 0 spiro atoms. The first kappa shape index (κ1) is 18.8. The molecule has 1 atom stereocenters. The highest BCUT2D eigenvalue weighted by Crippen LogP contribution is 2.11. The van der Waals surface area contributed by atoms with Gasteiger partial charge in [0.05, 0.1) is 30.1 Å². The number of aliphatic imine (C=N–C) groups is 1. The maximum atomic E-state index is 10.1. The minimum Gasteiger partial charge on any atom is -0.386 e. The summed E-state index contributed by atoms with van der Waals surface area (Å²) in [5.74, 6) is 0.644. The van der Waals surface area contributed by atoms with E-state index >= 15 is 0 Å². The van der Waals surface area contributed by atoms with Crippen molar-refractivity contribution in [2.75, 3.05) is 13.6 Å². The predicted octanol–water partition coefficient (Wildman–Crippen LogP) is 1.20. The van der Waals surface area contributed by atoms with Crippen LogP contribution in [0.15, 0.2) is 22.9 Å². The SMILES string of the molecule is CN=C(NCc1scnc1C)NCC(O)c1cnn(C)c1.I. The summed E-state index contributed by atoms with van der Waals surface area (Å²) in [7, 11) is 3.52. The molecule has 0 saturated heterocycles. The number of hydrogen-bond donors (Lipinski definition) is 3. The molecule has 3 N–H and O–H groups in total. The Bertz CT molecular complexity index is 611. The molecule has 2 rings (SSSR count). The molecule has 0 aromatic carbocycles. The van der Waals surface area contributed by atoms with E-state index in [1.54, 1.807) is 35.5 Å². The summed E-state index contributed by atoms with van der Waals surface area (Å²) < 4.78 is 1.66. The molecule has 9 heteroatoms. The van der Waals surface area contributed by atoms with Crippen LogP contribution in [-0.4, -0.2) is 39.4 Å². The number of aliphatic hydroxyl groups is 1. The second kappa shape index (κ2) is 9.06. The first-order valence-electron chi connectivity index (χ1n) is 6.60. The lowest BCUT2D eigenvalue weighted by Gasteiger charge is -2.14. The zero-order valence-corrected chi connectivity index (χ0v) is 15.9. The van der Waals surface area contributed by atoms with Crippen molar-refractivity contribution in [2.24, 2.45) is 12.0 Å². The van der Waals surface area contributed by atoms with E-state index in [4.69, 9.17) is 0 Å². The van der Waals surface area contributed by atoms with Gasteiger partial charge in [0.25, 0.3) is 0 Å². The van der Waals surface area contributed by atoms with Gasteiger partial charge in [0.2, 0.25) is 0 Å². The summed E-state index contributed by atoms with van der Waals surface area (Å²) in [6.45, 7) is 3.02. The molecule has 22 heavy (non-hydrogen) atoms. The number of nitrogens with zero attached hydrogens (tertiary/aromatic N) is 4. The number of hydrogen-bond acceptors (Lipinski definition) is 5. The Hall–Kier alpha value is -1.20. The topological polar surface area (TPSA) is 87.4 Å². The number of nitrogens with one attached hydrogen (secondary N) is 2. The normalized spacial score (nSPS) is 12.6. The van der Waals surface area contributed by atoms with Gasteiger partial charge in [0.15, 0.2) is 5.96 Å². The quantitative estimate of drug-likeness (QED) is 0.373. The highest BCUT2D eigenvalue weighted by Gasteiger charge is 2.10. The van der Waals surface area contributed by atoms with E-state index in [2.05, 4.69) is 25.7 Å². The number of rotatable bonds is 5. The van der Waals surface area contributed by atoms with E-state index in [1.807, 2.05) is 19.5 Å². The number of aryl methyl sites for hydroxylation is 2. The van der Waals surface area contributed by atoms with E-state index in [0.717, 1.165) is 11.3 Å². The van der Waals surface area contributed by atoms with E-state index in [9.17, 15) is 5.11 Å². The summed E-state index contributed by atoms with van der Waals surface area (Å²) in [6.07, 6.45) is 2.83. The Morgan fingerprint density at radius 2 is 2.27 bits per heavy atom.